The number of hydrogen-bond acceptors (Lipinski definition) is 9. The number of H-pyrrole nitrogens is 1. The molecule has 0 aliphatic rings. The second-order valence-electron chi connectivity index (χ2n) is 4.01. The SMILES string of the molecule is O=[N+]([O-])c1ccc(-c2nnc(Nc3cnc(=S)[nH]n3)o2)cc1. The minimum absolute atomic E-state index is 0.0172. The third kappa shape index (κ3) is 2.93. The van der Waals surface area contributed by atoms with E-state index in [2.05, 4.69) is 30.7 Å². The lowest BCUT2D eigenvalue weighted by atomic mass is 10.2. The average Bonchev–Trinajstić information content (AvgIpc) is 2.98. The first-order valence-electron chi connectivity index (χ1n) is 5.89. The molecule has 0 spiro atoms. The Kier molecular flexibility index (Phi) is 3.53. The van der Waals surface area contributed by atoms with Crippen LogP contribution in [0.3, 0.4) is 0 Å². The van der Waals surface area contributed by atoms with Crippen molar-refractivity contribution in [2.24, 2.45) is 0 Å². The molecule has 3 aromatic rings. The van der Waals surface area contributed by atoms with Gasteiger partial charge in [-0.25, -0.2) is 10.1 Å². The zero-order chi connectivity index (χ0) is 15.5. The van der Waals surface area contributed by atoms with Crippen LogP contribution < -0.4 is 5.32 Å². The normalized spacial score (nSPS) is 10.4. The Hall–Kier alpha value is -3.21. The number of nitrogens with zero attached hydrogens (tertiary/aromatic N) is 5. The van der Waals surface area contributed by atoms with Crippen LogP contribution in [0.15, 0.2) is 34.9 Å². The maximum Gasteiger partial charge on any atom is 0.321 e. The number of nitro groups is 1. The molecule has 1 aromatic carbocycles. The van der Waals surface area contributed by atoms with Crippen molar-refractivity contribution in [3.63, 3.8) is 0 Å². The molecule has 2 N–H and O–H groups in total. The number of nitrogens with one attached hydrogen (secondary N) is 2. The fraction of sp³-hybridized carbons (Fsp3) is 0. The molecule has 0 fully saturated rings. The maximum absolute atomic E-state index is 10.6. The molecule has 3 rings (SSSR count). The zero-order valence-electron chi connectivity index (χ0n) is 10.8. The summed E-state index contributed by atoms with van der Waals surface area (Å²) >= 11 is 4.78. The van der Waals surface area contributed by atoms with Crippen LogP contribution in [0.4, 0.5) is 17.5 Å². The summed E-state index contributed by atoms with van der Waals surface area (Å²) in [7, 11) is 0. The molecule has 0 unspecified atom stereocenters. The highest BCUT2D eigenvalue weighted by Gasteiger charge is 2.11. The number of nitro benzene ring substituents is 1. The Labute approximate surface area is 127 Å². The van der Waals surface area contributed by atoms with Gasteiger partial charge in [-0.05, 0) is 24.4 Å². The van der Waals surface area contributed by atoms with E-state index in [1.807, 2.05) is 0 Å². The molecule has 0 saturated heterocycles. The molecule has 0 radical (unpaired) electrons. The van der Waals surface area contributed by atoms with Gasteiger partial charge in [-0.2, -0.15) is 5.10 Å². The molecule has 110 valence electrons. The average molecular weight is 317 g/mol. The van der Waals surface area contributed by atoms with Crippen LogP contribution >= 0.6 is 12.2 Å². The molecule has 0 atom stereocenters. The van der Waals surface area contributed by atoms with E-state index < -0.39 is 4.92 Å². The largest absolute Gasteiger partial charge is 0.403 e. The number of aromatic amines is 1. The van der Waals surface area contributed by atoms with E-state index in [1.165, 1.54) is 30.5 Å². The van der Waals surface area contributed by atoms with Crippen molar-refractivity contribution in [2.45, 2.75) is 0 Å². The summed E-state index contributed by atoms with van der Waals surface area (Å²) in [4.78, 5) is 14.0. The molecule has 10 nitrogen and oxygen atoms in total. The van der Waals surface area contributed by atoms with Crippen molar-refractivity contribution in [3.8, 4) is 11.5 Å². The minimum atomic E-state index is -0.484. The molecule has 0 aliphatic heterocycles. The number of aromatic nitrogens is 5. The Morgan fingerprint density at radius 1 is 1.27 bits per heavy atom. The van der Waals surface area contributed by atoms with E-state index in [0.717, 1.165) is 0 Å². The van der Waals surface area contributed by atoms with E-state index in [-0.39, 0.29) is 22.4 Å². The molecule has 0 bridgehead atoms. The van der Waals surface area contributed by atoms with E-state index in [0.29, 0.717) is 11.4 Å². The van der Waals surface area contributed by atoms with E-state index in [9.17, 15) is 10.1 Å². The topological polar surface area (TPSA) is 136 Å². The lowest BCUT2D eigenvalue weighted by molar-refractivity contribution is -0.384. The first-order chi connectivity index (χ1) is 10.6. The Balaban J connectivity index is 1.79. The number of benzene rings is 1. The highest BCUT2D eigenvalue weighted by molar-refractivity contribution is 7.71. The molecule has 0 amide bonds. The number of hydrogen-bond donors (Lipinski definition) is 2. The van der Waals surface area contributed by atoms with Crippen molar-refractivity contribution in [1.29, 1.82) is 0 Å². The zero-order valence-corrected chi connectivity index (χ0v) is 11.6. The van der Waals surface area contributed by atoms with E-state index in [4.69, 9.17) is 16.6 Å². The Morgan fingerprint density at radius 3 is 2.68 bits per heavy atom. The molecule has 0 aliphatic carbocycles. The second kappa shape index (κ2) is 5.65. The first kappa shape index (κ1) is 13.8. The van der Waals surface area contributed by atoms with Crippen LogP contribution in [0.5, 0.6) is 0 Å². The van der Waals surface area contributed by atoms with Gasteiger partial charge in [0.2, 0.25) is 10.7 Å². The third-order valence-corrected chi connectivity index (χ3v) is 2.76. The lowest BCUT2D eigenvalue weighted by Gasteiger charge is -1.97. The van der Waals surface area contributed by atoms with Crippen molar-refractivity contribution >= 4 is 29.7 Å². The minimum Gasteiger partial charge on any atom is -0.403 e. The fourth-order valence-electron chi connectivity index (χ4n) is 1.57. The van der Waals surface area contributed by atoms with Crippen LogP contribution in [-0.4, -0.2) is 30.3 Å². The summed E-state index contributed by atoms with van der Waals surface area (Å²) in [6, 6.07) is 5.86. The van der Waals surface area contributed by atoms with Crippen LogP contribution in [0, 0.1) is 14.9 Å². The van der Waals surface area contributed by atoms with Crippen LogP contribution in [0.25, 0.3) is 11.5 Å². The predicted molar refractivity (Wildman–Crippen MR) is 76.9 cm³/mol. The molecule has 11 heteroatoms. The molecule has 2 aromatic heterocycles. The van der Waals surface area contributed by atoms with Gasteiger partial charge >= 0.3 is 6.01 Å². The van der Waals surface area contributed by atoms with Crippen LogP contribution in [-0.2, 0) is 0 Å². The van der Waals surface area contributed by atoms with Gasteiger partial charge in [-0.15, -0.1) is 5.10 Å². The monoisotopic (exact) mass is 317 g/mol. The van der Waals surface area contributed by atoms with Crippen LogP contribution in [0.2, 0.25) is 0 Å². The maximum atomic E-state index is 10.6. The van der Waals surface area contributed by atoms with Gasteiger partial charge in [0.15, 0.2) is 5.82 Å². The molecule has 22 heavy (non-hydrogen) atoms. The highest BCUT2D eigenvalue weighted by Crippen LogP contribution is 2.23. The fourth-order valence-corrected chi connectivity index (χ4v) is 1.67. The number of rotatable bonds is 4. The quantitative estimate of drug-likeness (QED) is 0.421. The van der Waals surface area contributed by atoms with Crippen LogP contribution in [0.1, 0.15) is 0 Å². The standard InChI is InChI=1S/C11H7N7O3S/c19-18(20)7-3-1-6(2-4-7)9-15-16-10(21-9)13-8-5-12-11(22)17-14-8/h1-5H,(H,12,17,22)(H,13,14,16). The third-order valence-electron chi connectivity index (χ3n) is 2.56. The van der Waals surface area contributed by atoms with Gasteiger partial charge in [-0.1, -0.05) is 5.10 Å². The van der Waals surface area contributed by atoms with Crippen molar-refractivity contribution in [2.75, 3.05) is 5.32 Å². The van der Waals surface area contributed by atoms with Gasteiger partial charge < -0.3 is 4.42 Å². The van der Waals surface area contributed by atoms with Gasteiger partial charge in [-0.3, -0.25) is 15.4 Å². The second-order valence-corrected chi connectivity index (χ2v) is 4.40. The summed E-state index contributed by atoms with van der Waals surface area (Å²) in [6.07, 6.45) is 1.41. The summed E-state index contributed by atoms with van der Waals surface area (Å²) in [5.41, 5.74) is 0.543. The summed E-state index contributed by atoms with van der Waals surface area (Å²) in [5, 5.41) is 27.4. The van der Waals surface area contributed by atoms with Crippen molar-refractivity contribution < 1.29 is 9.34 Å². The summed E-state index contributed by atoms with van der Waals surface area (Å²) < 4.78 is 5.65. The lowest BCUT2D eigenvalue weighted by Crippen LogP contribution is -1.96. The summed E-state index contributed by atoms with van der Waals surface area (Å²) in [5.74, 6) is 0.571. The van der Waals surface area contributed by atoms with Gasteiger partial charge in [0.1, 0.15) is 0 Å². The van der Waals surface area contributed by atoms with Gasteiger partial charge in [0, 0.05) is 17.7 Å². The summed E-state index contributed by atoms with van der Waals surface area (Å²) in [6.45, 7) is 0. The molecular formula is C11H7N7O3S. The van der Waals surface area contributed by atoms with Gasteiger partial charge in [0.25, 0.3) is 5.69 Å². The van der Waals surface area contributed by atoms with Crippen molar-refractivity contribution in [3.05, 3.63) is 45.3 Å². The smallest absolute Gasteiger partial charge is 0.321 e. The van der Waals surface area contributed by atoms with E-state index >= 15 is 0 Å². The Morgan fingerprint density at radius 2 is 2.05 bits per heavy atom. The predicted octanol–water partition coefficient (Wildman–Crippen LogP) is 2.24. The Bertz CT molecular complexity index is 853. The number of non-ortho nitro benzene ring substituents is 1. The van der Waals surface area contributed by atoms with Crippen molar-refractivity contribution in [1.82, 2.24) is 25.4 Å². The van der Waals surface area contributed by atoms with E-state index in [1.54, 1.807) is 0 Å². The van der Waals surface area contributed by atoms with Gasteiger partial charge in [0.05, 0.1) is 11.1 Å². The highest BCUT2D eigenvalue weighted by atomic mass is 32.1. The first-order valence-corrected chi connectivity index (χ1v) is 6.30. The molecule has 2 heterocycles. The number of anilines is 2. The molecular weight excluding hydrogens is 310 g/mol. The molecule has 0 saturated carbocycles.